The van der Waals surface area contributed by atoms with Crippen LogP contribution in [0.5, 0.6) is 0 Å². The summed E-state index contributed by atoms with van der Waals surface area (Å²) < 4.78 is 115. The number of H-pyrrole nitrogens is 3. The van der Waals surface area contributed by atoms with E-state index in [0.29, 0.717) is 9.13 Å². The van der Waals surface area contributed by atoms with Crippen LogP contribution < -0.4 is 45.3 Å². The van der Waals surface area contributed by atoms with Gasteiger partial charge in [0.2, 0.25) is 11.9 Å². The summed E-state index contributed by atoms with van der Waals surface area (Å²) in [6.07, 6.45) is -28.7. The van der Waals surface area contributed by atoms with Crippen molar-refractivity contribution in [1.29, 1.82) is 0 Å². The Morgan fingerprint density at radius 2 is 0.897 bits per heavy atom. The molecule has 476 valence electrons. The topological polar surface area (TPSA) is 667 Å². The molecule has 4 saturated heterocycles. The highest BCUT2D eigenvalue weighted by atomic mass is 31.2. The van der Waals surface area contributed by atoms with Gasteiger partial charge in [-0.15, -0.1) is 0 Å². The lowest BCUT2D eigenvalue weighted by Gasteiger charge is -2.26. The average molecular weight is 1320 g/mol. The van der Waals surface area contributed by atoms with Crippen LogP contribution in [0, 0.1) is 0 Å². The molecular weight excluding hydrogens is 1270 g/mol. The molecule has 0 saturated carbocycles. The highest BCUT2D eigenvalue weighted by Gasteiger charge is 2.55. The van der Waals surface area contributed by atoms with E-state index in [-0.39, 0.29) is 34.1 Å². The molecule has 45 nitrogen and oxygen atoms in total. The second-order valence-electron chi connectivity index (χ2n) is 19.1. The minimum atomic E-state index is -5.83. The van der Waals surface area contributed by atoms with Crippen LogP contribution in [-0.4, -0.2) is 208 Å². The fourth-order valence-corrected chi connectivity index (χ4v) is 13.1. The molecular formula is C38H49N15O30P4. The maximum absolute atomic E-state index is 14.1. The monoisotopic (exact) mass is 1320 g/mol. The van der Waals surface area contributed by atoms with Crippen LogP contribution >= 0.6 is 31.3 Å². The largest absolute Gasteiger partial charge is 0.472 e. The second-order valence-corrected chi connectivity index (χ2v) is 24.5. The maximum Gasteiger partial charge on any atom is 0.472 e. The van der Waals surface area contributed by atoms with Gasteiger partial charge in [-0.1, -0.05) is 0 Å². The van der Waals surface area contributed by atoms with E-state index in [0.717, 1.165) is 46.3 Å². The fraction of sp³-hybridized carbons (Fsp3) is 0.526. The molecule has 0 aliphatic carbocycles. The first kappa shape index (κ1) is 63.7. The van der Waals surface area contributed by atoms with Crippen molar-refractivity contribution in [3.63, 3.8) is 0 Å². The lowest BCUT2D eigenvalue weighted by molar-refractivity contribution is -0.0650. The first-order valence-corrected chi connectivity index (χ1v) is 30.6. The fourth-order valence-electron chi connectivity index (χ4n) is 9.59. The zero-order valence-electron chi connectivity index (χ0n) is 43.2. The van der Waals surface area contributed by atoms with Crippen molar-refractivity contribution in [2.75, 3.05) is 43.6 Å². The smallest absolute Gasteiger partial charge is 0.394 e. The number of rotatable bonds is 22. The Balaban J connectivity index is 0.875. The number of phosphoric ester groups is 4. The number of aliphatic hydroxyl groups is 5. The Morgan fingerprint density at radius 1 is 0.517 bits per heavy atom. The van der Waals surface area contributed by atoms with Crippen molar-refractivity contribution in [3.05, 3.63) is 89.2 Å². The number of ether oxygens (including phenoxy) is 4. The van der Waals surface area contributed by atoms with Crippen molar-refractivity contribution >= 4 is 71.3 Å². The Labute approximate surface area is 478 Å². The molecule has 4 aliphatic rings. The summed E-state index contributed by atoms with van der Waals surface area (Å²) in [6, 6.07) is 1.86. The molecule has 19 N–H and O–H groups in total. The lowest BCUT2D eigenvalue weighted by Crippen LogP contribution is -2.39. The van der Waals surface area contributed by atoms with Crippen molar-refractivity contribution in [1.82, 2.24) is 58.1 Å². The third-order valence-electron chi connectivity index (χ3n) is 13.3. The van der Waals surface area contributed by atoms with E-state index < -0.39 is 190 Å². The van der Waals surface area contributed by atoms with E-state index in [4.69, 9.17) is 63.3 Å². The molecule has 4 aliphatic heterocycles. The molecule has 0 amide bonds. The number of fused-ring (bicyclic) bond motifs is 2. The molecule has 10 heterocycles. The number of nitrogens with zero attached hydrogens (tertiary/aromatic N) is 9. The molecule has 6 aromatic rings. The molecule has 10 rings (SSSR count). The highest BCUT2D eigenvalue weighted by molar-refractivity contribution is 7.48. The third kappa shape index (κ3) is 13.4. The Kier molecular flexibility index (Phi) is 17.8. The summed E-state index contributed by atoms with van der Waals surface area (Å²) in [5.74, 6) is -1.17. The molecule has 4 fully saturated rings. The van der Waals surface area contributed by atoms with Crippen LogP contribution in [-0.2, 0) is 68.9 Å². The van der Waals surface area contributed by atoms with Gasteiger partial charge in [0.25, 0.3) is 16.7 Å². The number of nitrogens with one attached hydrogen (secondary N) is 3. The lowest BCUT2D eigenvalue weighted by atomic mass is 10.1. The number of aliphatic hydroxyl groups excluding tert-OH is 5. The molecule has 0 radical (unpaired) electrons. The normalized spacial score (nSPS) is 31.6. The third-order valence-corrected chi connectivity index (χ3v) is 16.8. The number of nitrogen functional groups attached to an aromatic ring is 3. The molecule has 49 heteroatoms. The zero-order chi connectivity index (χ0) is 63.0. The van der Waals surface area contributed by atoms with Crippen LogP contribution in [0.3, 0.4) is 0 Å². The van der Waals surface area contributed by atoms with Crippen molar-refractivity contribution < 1.29 is 119 Å². The van der Waals surface area contributed by atoms with E-state index in [1.54, 1.807) is 0 Å². The summed E-state index contributed by atoms with van der Waals surface area (Å²) in [4.78, 5) is 140. The van der Waals surface area contributed by atoms with Gasteiger partial charge in [-0.05, 0) is 6.07 Å². The van der Waals surface area contributed by atoms with Crippen molar-refractivity contribution in [3.8, 4) is 0 Å². The quantitative estimate of drug-likeness (QED) is 0.0281. The average Bonchev–Trinajstić information content (AvgIpc) is 1.79. The first-order chi connectivity index (χ1) is 40.8. The van der Waals surface area contributed by atoms with Gasteiger partial charge >= 0.3 is 42.7 Å². The summed E-state index contributed by atoms with van der Waals surface area (Å²) >= 11 is 0. The highest BCUT2D eigenvalue weighted by Crippen LogP contribution is 2.54. The number of aromatic nitrogens is 12. The SMILES string of the molecule is Nc1ccn([C@@H]2O[C@H](COP(=O)(O)O[C@H]3[C@@H](O)[C@H](n4cnc5c(=O)[nH]c(N)nc54)O[C@@H]3COP(=O)(O)O[C@H]3[C@@H](O)[C@@H](n4cnc5c(=O)[nH]c(N)nc54)O[C@@H]3CO)[C@@H](OP(=O)(O)OC[C@H]3O[C@@H](n4ccc(=O)[nH]c4=O)[C@H](O)[C@@H]3OP(=O)(O)O)[C@H]2O)c(=O)n1. The number of aromatic amines is 3. The molecule has 0 spiro atoms. The summed E-state index contributed by atoms with van der Waals surface area (Å²) in [5, 5.41) is 55.8. The Hall–Kier alpha value is -6.26. The molecule has 87 heavy (non-hydrogen) atoms. The number of anilines is 3. The Bertz CT molecular complexity index is 4080. The van der Waals surface area contributed by atoms with Gasteiger partial charge in [0, 0.05) is 18.5 Å². The van der Waals surface area contributed by atoms with Gasteiger partial charge in [-0.2, -0.15) is 15.0 Å². The predicted molar refractivity (Wildman–Crippen MR) is 275 cm³/mol. The van der Waals surface area contributed by atoms with Gasteiger partial charge < -0.3 is 86.1 Å². The van der Waals surface area contributed by atoms with Gasteiger partial charge in [-0.3, -0.25) is 79.3 Å². The van der Waals surface area contributed by atoms with Crippen molar-refractivity contribution in [2.45, 2.75) is 98.2 Å². The van der Waals surface area contributed by atoms with Crippen LogP contribution in [0.25, 0.3) is 22.3 Å². The Morgan fingerprint density at radius 3 is 1.30 bits per heavy atom. The van der Waals surface area contributed by atoms with Gasteiger partial charge in [0.05, 0.1) is 39.1 Å². The predicted octanol–water partition coefficient (Wildman–Crippen LogP) is -7.18. The molecule has 0 aromatic carbocycles. The maximum atomic E-state index is 14.1. The van der Waals surface area contributed by atoms with Crippen LogP contribution in [0.1, 0.15) is 24.9 Å². The summed E-state index contributed by atoms with van der Waals surface area (Å²) in [5.41, 5.74) is 10.8. The molecule has 3 unspecified atom stereocenters. The minimum Gasteiger partial charge on any atom is -0.394 e. The van der Waals surface area contributed by atoms with Crippen LogP contribution in [0.15, 0.2) is 61.2 Å². The van der Waals surface area contributed by atoms with E-state index in [1.807, 2.05) is 4.98 Å². The van der Waals surface area contributed by atoms with E-state index >= 15 is 0 Å². The number of phosphoric acid groups is 4. The number of imidazole rings is 2. The number of hydrogen-bond donors (Lipinski definition) is 16. The summed E-state index contributed by atoms with van der Waals surface area (Å²) in [7, 11) is -22.7. The van der Waals surface area contributed by atoms with E-state index in [1.165, 1.54) is 0 Å². The van der Waals surface area contributed by atoms with E-state index in [2.05, 4.69) is 39.4 Å². The number of hydrogen-bond acceptors (Lipinski definition) is 33. The standard InChI is InChI=1S/C38H49N15O30P4/c39-15-1-3-50(37(62)44-15)32-21(58)25(82-86(69,70)73-6-12-24(80-84(64,65)66)20(57)31(77-12)51-4-2-16(55)45-38(51)63)13(78-32)7-75-87(71,72)83-26-14(79-34(22(26)59)53-10-43-18-28(53)47-36(41)49-30(18)61)8-74-85(67,68)81-23-11(5-54)76-33(19(23)56)52-9-42-17-27(52)46-35(40)48-29(17)60/h1-4,9-14,19-26,31-34,54,56-59H,5-8H2,(H,67,68)(H,69,70)(H,71,72)(H2,39,44,62)(H,45,55,63)(H2,64,65,66)(H3,40,46,48,60)(H3,41,47,49,61)/t11-,12-,13-,14-,19-,20-,21-,22-,23-,24-,25-,26-,31-,32-,33+,34-/m1/s1. The summed E-state index contributed by atoms with van der Waals surface area (Å²) in [6.45, 7) is -4.90. The molecule has 0 bridgehead atoms. The zero-order valence-corrected chi connectivity index (χ0v) is 46.8. The molecule has 6 aromatic heterocycles. The van der Waals surface area contributed by atoms with Gasteiger partial charge in [0.15, 0.2) is 47.2 Å². The van der Waals surface area contributed by atoms with Crippen LogP contribution in [0.2, 0.25) is 0 Å². The van der Waals surface area contributed by atoms with Crippen molar-refractivity contribution in [2.24, 2.45) is 0 Å². The first-order valence-electron chi connectivity index (χ1n) is 24.6. The van der Waals surface area contributed by atoms with Gasteiger partial charge in [-0.25, -0.2) is 37.8 Å². The minimum absolute atomic E-state index is 0.219. The van der Waals surface area contributed by atoms with E-state index in [9.17, 15) is 92.2 Å². The van der Waals surface area contributed by atoms with Crippen LogP contribution in [0.4, 0.5) is 17.7 Å². The van der Waals surface area contributed by atoms with Gasteiger partial charge in [0.1, 0.15) is 79.1 Å². The second kappa shape index (κ2) is 24.3. The number of nitrogens with two attached hydrogens (primary N) is 3. The molecule has 19 atom stereocenters.